The van der Waals surface area contributed by atoms with E-state index in [-0.39, 0.29) is 0 Å². The van der Waals surface area contributed by atoms with Gasteiger partial charge in [-0.05, 0) is 48.2 Å². The third kappa shape index (κ3) is 2.37. The number of aromatic nitrogens is 1. The molecule has 0 unspecified atom stereocenters. The highest BCUT2D eigenvalue weighted by molar-refractivity contribution is 7.10. The fraction of sp³-hybridized carbons (Fsp3) is 0.462. The number of hydrogen-bond acceptors (Lipinski definition) is 5. The van der Waals surface area contributed by atoms with Crippen LogP contribution in [0.25, 0.3) is 0 Å². The molecule has 1 fully saturated rings. The molecule has 2 aromatic rings. The van der Waals surface area contributed by atoms with Crippen molar-refractivity contribution in [1.29, 1.82) is 0 Å². The van der Waals surface area contributed by atoms with Crippen LogP contribution in [0.4, 0.5) is 10.8 Å². The lowest BCUT2D eigenvalue weighted by atomic mass is 10.2. The molecule has 2 N–H and O–H groups in total. The van der Waals surface area contributed by atoms with Crippen LogP contribution in [0.3, 0.4) is 0 Å². The SMILES string of the molecule is CN(CCc1cccs1)c1snc(N)c1C1CC1. The molecule has 0 bridgehead atoms. The molecule has 1 saturated carbocycles. The number of likely N-dealkylation sites (N-methyl/N-ethyl adjacent to an activating group) is 1. The smallest absolute Gasteiger partial charge is 0.142 e. The molecule has 0 radical (unpaired) electrons. The zero-order valence-electron chi connectivity index (χ0n) is 10.4. The predicted octanol–water partition coefficient (Wildman–Crippen LogP) is 3.34. The van der Waals surface area contributed by atoms with E-state index >= 15 is 0 Å². The second kappa shape index (κ2) is 4.90. The topological polar surface area (TPSA) is 42.2 Å². The summed E-state index contributed by atoms with van der Waals surface area (Å²) in [6, 6.07) is 4.31. The minimum absolute atomic E-state index is 0.669. The van der Waals surface area contributed by atoms with Crippen LogP contribution in [0.2, 0.25) is 0 Å². The molecule has 0 aromatic carbocycles. The van der Waals surface area contributed by atoms with E-state index in [2.05, 4.69) is 33.8 Å². The molecule has 0 aliphatic heterocycles. The highest BCUT2D eigenvalue weighted by Crippen LogP contribution is 2.48. The van der Waals surface area contributed by atoms with Crippen LogP contribution in [0, 0.1) is 0 Å². The van der Waals surface area contributed by atoms with Crippen LogP contribution in [0.5, 0.6) is 0 Å². The summed E-state index contributed by atoms with van der Waals surface area (Å²) < 4.78 is 4.32. The third-order valence-electron chi connectivity index (χ3n) is 3.34. The van der Waals surface area contributed by atoms with Gasteiger partial charge in [0.05, 0.1) is 0 Å². The van der Waals surface area contributed by atoms with Gasteiger partial charge in [-0.15, -0.1) is 11.3 Å². The van der Waals surface area contributed by atoms with Crippen LogP contribution >= 0.6 is 22.9 Å². The molecule has 0 amide bonds. The van der Waals surface area contributed by atoms with Gasteiger partial charge in [0.25, 0.3) is 0 Å². The van der Waals surface area contributed by atoms with E-state index < -0.39 is 0 Å². The molecule has 2 aromatic heterocycles. The molecule has 0 spiro atoms. The fourth-order valence-electron chi connectivity index (χ4n) is 2.17. The van der Waals surface area contributed by atoms with Crippen LogP contribution < -0.4 is 10.6 Å². The van der Waals surface area contributed by atoms with E-state index in [0.717, 1.165) is 18.8 Å². The maximum atomic E-state index is 5.99. The largest absolute Gasteiger partial charge is 0.383 e. The second-order valence-electron chi connectivity index (χ2n) is 4.81. The normalized spacial score (nSPS) is 14.9. The Morgan fingerprint density at radius 1 is 1.50 bits per heavy atom. The van der Waals surface area contributed by atoms with Gasteiger partial charge >= 0.3 is 0 Å². The molecular weight excluding hydrogens is 262 g/mol. The summed E-state index contributed by atoms with van der Waals surface area (Å²) in [5.74, 6) is 1.42. The molecule has 2 heterocycles. The zero-order chi connectivity index (χ0) is 12.5. The van der Waals surface area contributed by atoms with Crippen molar-refractivity contribution in [3.05, 3.63) is 28.0 Å². The minimum Gasteiger partial charge on any atom is -0.383 e. The summed E-state index contributed by atoms with van der Waals surface area (Å²) in [4.78, 5) is 3.74. The summed E-state index contributed by atoms with van der Waals surface area (Å²) in [5.41, 5.74) is 7.29. The third-order valence-corrected chi connectivity index (χ3v) is 5.27. The van der Waals surface area contributed by atoms with E-state index in [9.17, 15) is 0 Å². The summed E-state index contributed by atoms with van der Waals surface area (Å²) in [7, 11) is 2.15. The summed E-state index contributed by atoms with van der Waals surface area (Å²) in [5, 5.41) is 3.40. The average Bonchev–Trinajstić information content (AvgIpc) is 2.91. The molecule has 3 nitrogen and oxygen atoms in total. The minimum atomic E-state index is 0.669. The van der Waals surface area contributed by atoms with Crippen LogP contribution in [0.15, 0.2) is 17.5 Å². The Labute approximate surface area is 115 Å². The first-order valence-electron chi connectivity index (χ1n) is 6.24. The van der Waals surface area contributed by atoms with Gasteiger partial charge in [-0.2, -0.15) is 4.37 Å². The molecule has 0 saturated heterocycles. The van der Waals surface area contributed by atoms with Crippen molar-refractivity contribution in [1.82, 2.24) is 4.37 Å². The van der Waals surface area contributed by atoms with Gasteiger partial charge in [0.1, 0.15) is 10.8 Å². The molecule has 1 aliphatic carbocycles. The van der Waals surface area contributed by atoms with Crippen molar-refractivity contribution >= 4 is 33.7 Å². The molecule has 1 aliphatic rings. The Morgan fingerprint density at radius 2 is 2.33 bits per heavy atom. The average molecular weight is 279 g/mol. The first-order chi connectivity index (χ1) is 8.75. The van der Waals surface area contributed by atoms with E-state index in [1.807, 2.05) is 11.3 Å². The summed E-state index contributed by atoms with van der Waals surface area (Å²) in [6.07, 6.45) is 3.64. The van der Waals surface area contributed by atoms with Crippen molar-refractivity contribution in [3.63, 3.8) is 0 Å². The van der Waals surface area contributed by atoms with Gasteiger partial charge in [-0.25, -0.2) is 0 Å². The Balaban J connectivity index is 1.70. The van der Waals surface area contributed by atoms with Crippen molar-refractivity contribution in [2.24, 2.45) is 0 Å². The highest BCUT2D eigenvalue weighted by Gasteiger charge is 2.31. The Kier molecular flexibility index (Phi) is 3.26. The molecule has 18 heavy (non-hydrogen) atoms. The lowest BCUT2D eigenvalue weighted by Gasteiger charge is -2.18. The van der Waals surface area contributed by atoms with Crippen LogP contribution in [-0.4, -0.2) is 18.0 Å². The number of nitrogens with two attached hydrogens (primary N) is 1. The van der Waals surface area contributed by atoms with Gasteiger partial charge in [-0.3, -0.25) is 0 Å². The molecule has 3 rings (SSSR count). The van der Waals surface area contributed by atoms with E-state index in [0.29, 0.717) is 5.92 Å². The Bertz CT molecular complexity index is 514. The van der Waals surface area contributed by atoms with E-state index in [1.54, 1.807) is 11.5 Å². The van der Waals surface area contributed by atoms with Crippen molar-refractivity contribution in [2.45, 2.75) is 25.2 Å². The summed E-state index contributed by atoms with van der Waals surface area (Å²) >= 11 is 3.37. The maximum Gasteiger partial charge on any atom is 0.142 e. The second-order valence-corrected chi connectivity index (χ2v) is 6.60. The van der Waals surface area contributed by atoms with Gasteiger partial charge < -0.3 is 10.6 Å². The number of anilines is 2. The highest BCUT2D eigenvalue weighted by atomic mass is 32.1. The van der Waals surface area contributed by atoms with Crippen LogP contribution in [0.1, 0.15) is 29.2 Å². The first kappa shape index (κ1) is 12.0. The monoisotopic (exact) mass is 279 g/mol. The standard InChI is InChI=1S/C13H17N3S2/c1-16(7-6-10-3-2-8-17-10)13-11(9-4-5-9)12(14)15-18-13/h2-3,8-9H,4-7H2,1H3,(H2,14,15). The zero-order valence-corrected chi connectivity index (χ0v) is 12.1. The van der Waals surface area contributed by atoms with Crippen molar-refractivity contribution < 1.29 is 0 Å². The molecular formula is C13H17N3S2. The molecule has 96 valence electrons. The summed E-state index contributed by atoms with van der Waals surface area (Å²) in [6.45, 7) is 1.03. The quantitative estimate of drug-likeness (QED) is 0.912. The Morgan fingerprint density at radius 3 is 3.00 bits per heavy atom. The number of nitrogens with zero attached hydrogens (tertiary/aromatic N) is 2. The van der Waals surface area contributed by atoms with Gasteiger partial charge in [0.2, 0.25) is 0 Å². The van der Waals surface area contributed by atoms with Gasteiger partial charge in [0, 0.05) is 24.0 Å². The number of hydrogen-bond donors (Lipinski definition) is 1. The lowest BCUT2D eigenvalue weighted by molar-refractivity contribution is 0.887. The molecule has 5 heteroatoms. The van der Waals surface area contributed by atoms with Gasteiger partial charge in [-0.1, -0.05) is 6.07 Å². The molecule has 0 atom stereocenters. The number of thiophene rings is 1. The van der Waals surface area contributed by atoms with Gasteiger partial charge in [0.15, 0.2) is 0 Å². The maximum absolute atomic E-state index is 5.99. The predicted molar refractivity (Wildman–Crippen MR) is 79.8 cm³/mol. The Hall–Kier alpha value is -1.07. The van der Waals surface area contributed by atoms with Crippen molar-refractivity contribution in [3.8, 4) is 0 Å². The first-order valence-corrected chi connectivity index (χ1v) is 7.89. The number of rotatable bonds is 5. The lowest BCUT2D eigenvalue weighted by Crippen LogP contribution is -2.20. The number of nitrogen functional groups attached to an aromatic ring is 1. The van der Waals surface area contributed by atoms with Crippen molar-refractivity contribution in [2.75, 3.05) is 24.2 Å². The fourth-order valence-corrected chi connectivity index (χ4v) is 3.75. The van der Waals surface area contributed by atoms with E-state index in [4.69, 9.17) is 5.73 Å². The van der Waals surface area contributed by atoms with E-state index in [1.165, 1.54) is 28.3 Å². The van der Waals surface area contributed by atoms with Crippen LogP contribution in [-0.2, 0) is 6.42 Å².